The second-order valence-electron chi connectivity index (χ2n) is 7.01. The molecule has 0 radical (unpaired) electrons. The van der Waals surface area contributed by atoms with E-state index in [2.05, 4.69) is 27.7 Å². The van der Waals surface area contributed by atoms with Crippen LogP contribution in [0.2, 0.25) is 12.6 Å². The zero-order valence-corrected chi connectivity index (χ0v) is 12.0. The predicted molar refractivity (Wildman–Crippen MR) is 72.5 cm³/mol. The van der Waals surface area contributed by atoms with Gasteiger partial charge in [0, 0.05) is 37.3 Å². The first-order chi connectivity index (χ1) is 8.36. The molecule has 2 heterocycles. The van der Waals surface area contributed by atoms with Gasteiger partial charge in [-0.1, -0.05) is 27.7 Å². The van der Waals surface area contributed by atoms with Crippen molar-refractivity contribution in [3.63, 3.8) is 0 Å². The quantitative estimate of drug-likeness (QED) is 0.722. The van der Waals surface area contributed by atoms with E-state index < -0.39 is 0 Å². The first-order valence-electron chi connectivity index (χ1n) is 6.83. The SMILES string of the molecule is CC1(C)COB(CCB2OCC(C)(C)CO2)OC1. The van der Waals surface area contributed by atoms with Gasteiger partial charge < -0.3 is 18.6 Å². The van der Waals surface area contributed by atoms with Crippen molar-refractivity contribution < 1.29 is 18.6 Å². The zero-order chi connectivity index (χ0) is 13.2. The van der Waals surface area contributed by atoms with Gasteiger partial charge in [-0.25, -0.2) is 0 Å². The maximum absolute atomic E-state index is 5.69. The fourth-order valence-corrected chi connectivity index (χ4v) is 2.06. The van der Waals surface area contributed by atoms with Crippen LogP contribution in [0.1, 0.15) is 27.7 Å². The first kappa shape index (κ1) is 14.4. The maximum atomic E-state index is 5.69. The molecule has 4 nitrogen and oxygen atoms in total. The summed E-state index contributed by atoms with van der Waals surface area (Å²) in [6.45, 7) is 11.6. The van der Waals surface area contributed by atoms with Crippen molar-refractivity contribution in [1.29, 1.82) is 0 Å². The highest BCUT2D eigenvalue weighted by molar-refractivity contribution is 6.51. The first-order valence-corrected chi connectivity index (χ1v) is 6.83. The molecule has 6 heteroatoms. The Bertz CT molecular complexity index is 235. The highest BCUT2D eigenvalue weighted by atomic mass is 16.6. The van der Waals surface area contributed by atoms with Crippen LogP contribution < -0.4 is 0 Å². The van der Waals surface area contributed by atoms with Crippen LogP contribution in [0.15, 0.2) is 0 Å². The van der Waals surface area contributed by atoms with Gasteiger partial charge in [0.1, 0.15) is 0 Å². The van der Waals surface area contributed by atoms with Crippen LogP contribution in [-0.4, -0.2) is 40.7 Å². The van der Waals surface area contributed by atoms with E-state index in [1.807, 2.05) is 0 Å². The summed E-state index contributed by atoms with van der Waals surface area (Å²) in [5.74, 6) is 0. The van der Waals surface area contributed by atoms with Crippen molar-refractivity contribution in [1.82, 2.24) is 0 Å². The molecule has 0 amide bonds. The molecule has 0 unspecified atom stereocenters. The molecule has 2 aliphatic rings. The number of hydrogen-bond donors (Lipinski definition) is 0. The van der Waals surface area contributed by atoms with E-state index in [1.165, 1.54) is 0 Å². The molecule has 0 spiro atoms. The summed E-state index contributed by atoms with van der Waals surface area (Å²) in [7, 11) is -0.194. The summed E-state index contributed by atoms with van der Waals surface area (Å²) in [6.07, 6.45) is 1.67. The van der Waals surface area contributed by atoms with E-state index in [9.17, 15) is 0 Å². The van der Waals surface area contributed by atoms with Crippen LogP contribution in [-0.2, 0) is 18.6 Å². The minimum Gasteiger partial charge on any atom is -0.411 e. The van der Waals surface area contributed by atoms with Crippen molar-refractivity contribution in [2.45, 2.75) is 40.3 Å². The van der Waals surface area contributed by atoms with Crippen LogP contribution >= 0.6 is 0 Å². The van der Waals surface area contributed by atoms with Gasteiger partial charge in [-0.05, 0) is 12.6 Å². The van der Waals surface area contributed by atoms with E-state index >= 15 is 0 Å². The molecule has 0 bridgehead atoms. The topological polar surface area (TPSA) is 36.9 Å². The van der Waals surface area contributed by atoms with Gasteiger partial charge in [-0.3, -0.25) is 0 Å². The average Bonchev–Trinajstić information content (AvgIpc) is 2.29. The minimum absolute atomic E-state index is 0.0971. The highest BCUT2D eigenvalue weighted by Crippen LogP contribution is 2.26. The fourth-order valence-electron chi connectivity index (χ4n) is 2.06. The Morgan fingerprint density at radius 2 is 0.944 bits per heavy atom. The molecule has 0 aromatic carbocycles. The van der Waals surface area contributed by atoms with Crippen LogP contribution in [0.5, 0.6) is 0 Å². The molecule has 18 heavy (non-hydrogen) atoms. The van der Waals surface area contributed by atoms with E-state index in [0.29, 0.717) is 0 Å². The standard InChI is InChI=1S/C12H24B2O4/c1-11(2)7-15-13(16-8-11)5-6-14-17-9-12(3,4)10-18-14/h5-10H2,1-4H3. The van der Waals surface area contributed by atoms with Gasteiger partial charge >= 0.3 is 14.2 Å². The van der Waals surface area contributed by atoms with Crippen LogP contribution in [0.25, 0.3) is 0 Å². The summed E-state index contributed by atoms with van der Waals surface area (Å²) >= 11 is 0. The fraction of sp³-hybridized carbons (Fsp3) is 1.00. The van der Waals surface area contributed by atoms with Gasteiger partial charge in [-0.2, -0.15) is 0 Å². The number of hydrogen-bond acceptors (Lipinski definition) is 4. The molecule has 0 atom stereocenters. The Morgan fingerprint density at radius 3 is 1.22 bits per heavy atom. The van der Waals surface area contributed by atoms with E-state index in [1.54, 1.807) is 0 Å². The van der Waals surface area contributed by atoms with Gasteiger partial charge in [0.25, 0.3) is 0 Å². The molecule has 0 aliphatic carbocycles. The molecule has 2 aliphatic heterocycles. The van der Waals surface area contributed by atoms with Crippen LogP contribution in [0.3, 0.4) is 0 Å². The summed E-state index contributed by atoms with van der Waals surface area (Å²) < 4.78 is 22.8. The molecule has 102 valence electrons. The lowest BCUT2D eigenvalue weighted by atomic mass is 9.68. The lowest BCUT2D eigenvalue weighted by Crippen LogP contribution is -2.43. The highest BCUT2D eigenvalue weighted by Gasteiger charge is 2.36. The van der Waals surface area contributed by atoms with E-state index in [-0.39, 0.29) is 25.1 Å². The molecule has 2 fully saturated rings. The lowest BCUT2D eigenvalue weighted by Gasteiger charge is -2.35. The van der Waals surface area contributed by atoms with Gasteiger partial charge in [0.05, 0.1) is 0 Å². The van der Waals surface area contributed by atoms with Gasteiger partial charge in [0.2, 0.25) is 0 Å². The molecule has 0 saturated carbocycles. The summed E-state index contributed by atoms with van der Waals surface area (Å²) in [4.78, 5) is 0. The average molecular weight is 254 g/mol. The smallest absolute Gasteiger partial charge is 0.411 e. The normalized spacial score (nSPS) is 27.3. The lowest BCUT2D eigenvalue weighted by molar-refractivity contribution is 0.0229. The number of rotatable bonds is 3. The Morgan fingerprint density at radius 1 is 0.667 bits per heavy atom. The monoisotopic (exact) mass is 254 g/mol. The molecular formula is C12H24B2O4. The van der Waals surface area contributed by atoms with E-state index in [0.717, 1.165) is 39.1 Å². The van der Waals surface area contributed by atoms with Crippen molar-refractivity contribution in [2.75, 3.05) is 26.4 Å². The van der Waals surface area contributed by atoms with Crippen LogP contribution in [0, 0.1) is 10.8 Å². The largest absolute Gasteiger partial charge is 0.456 e. The molecule has 0 aromatic heterocycles. The van der Waals surface area contributed by atoms with Crippen molar-refractivity contribution in [2.24, 2.45) is 10.8 Å². The Kier molecular flexibility index (Phi) is 4.42. The molecule has 0 N–H and O–H groups in total. The van der Waals surface area contributed by atoms with Gasteiger partial charge in [-0.15, -0.1) is 0 Å². The Balaban J connectivity index is 1.64. The van der Waals surface area contributed by atoms with Crippen LogP contribution in [0.4, 0.5) is 0 Å². The van der Waals surface area contributed by atoms with Crippen molar-refractivity contribution >= 4 is 14.2 Å². The Hall–Kier alpha value is -0.0301. The Labute approximate surface area is 111 Å². The second kappa shape index (κ2) is 5.53. The third-order valence-corrected chi connectivity index (χ3v) is 3.28. The minimum atomic E-state index is -0.0971. The van der Waals surface area contributed by atoms with Gasteiger partial charge in [0.15, 0.2) is 0 Å². The zero-order valence-electron chi connectivity index (χ0n) is 12.0. The molecule has 2 saturated heterocycles. The third kappa shape index (κ3) is 4.26. The summed E-state index contributed by atoms with van der Waals surface area (Å²) in [5, 5.41) is 0. The summed E-state index contributed by atoms with van der Waals surface area (Å²) in [6, 6.07) is 0. The third-order valence-electron chi connectivity index (χ3n) is 3.28. The molecule has 2 rings (SSSR count). The summed E-state index contributed by atoms with van der Waals surface area (Å²) in [5.41, 5.74) is 0.275. The molecular weight excluding hydrogens is 230 g/mol. The van der Waals surface area contributed by atoms with Crippen molar-refractivity contribution in [3.05, 3.63) is 0 Å². The van der Waals surface area contributed by atoms with Crippen molar-refractivity contribution in [3.8, 4) is 0 Å². The second-order valence-corrected chi connectivity index (χ2v) is 7.01. The maximum Gasteiger partial charge on any atom is 0.456 e. The predicted octanol–water partition coefficient (Wildman–Crippen LogP) is 2.11. The molecule has 0 aromatic rings. The van der Waals surface area contributed by atoms with E-state index in [4.69, 9.17) is 18.6 Å².